The Morgan fingerprint density at radius 3 is 2.88 bits per heavy atom. The Kier molecular flexibility index (Phi) is 6.20. The molecule has 17 heavy (non-hydrogen) atoms. The highest BCUT2D eigenvalue weighted by Crippen LogP contribution is 2.21. The van der Waals surface area contributed by atoms with Gasteiger partial charge in [0.1, 0.15) is 0 Å². The van der Waals surface area contributed by atoms with Crippen molar-refractivity contribution >= 4 is 33.2 Å². The van der Waals surface area contributed by atoms with Crippen molar-refractivity contribution in [3.63, 3.8) is 0 Å². The molecular weight excluding hydrogens is 298 g/mol. The highest BCUT2D eigenvalue weighted by atomic mass is 79.9. The molecule has 1 aromatic rings. The lowest BCUT2D eigenvalue weighted by Crippen LogP contribution is -2.34. The van der Waals surface area contributed by atoms with E-state index in [9.17, 15) is 4.79 Å². The van der Waals surface area contributed by atoms with Crippen LogP contribution in [0.15, 0.2) is 17.5 Å². The Hall–Kier alpha value is -0.350. The lowest BCUT2D eigenvalue weighted by atomic mass is 9.88. The molecule has 0 aliphatic carbocycles. The molecule has 0 saturated heterocycles. The standard InChI is InChI=1S/C13H20BrNOS/c1-13(2,6-4-7-14)10-15-12(16)9-11-5-3-8-17-11/h3,5,8H,4,6-7,9-10H2,1-2H3,(H,15,16). The second-order valence-electron chi connectivity index (χ2n) is 4.99. The number of nitrogens with one attached hydrogen (secondary N) is 1. The Morgan fingerprint density at radius 2 is 2.29 bits per heavy atom. The van der Waals surface area contributed by atoms with Gasteiger partial charge >= 0.3 is 0 Å². The van der Waals surface area contributed by atoms with Crippen LogP contribution in [0.3, 0.4) is 0 Å². The fourth-order valence-corrected chi connectivity index (χ4v) is 2.59. The highest BCUT2D eigenvalue weighted by molar-refractivity contribution is 9.09. The molecule has 4 heteroatoms. The highest BCUT2D eigenvalue weighted by Gasteiger charge is 2.18. The van der Waals surface area contributed by atoms with Gasteiger partial charge in [-0.15, -0.1) is 11.3 Å². The molecule has 0 bridgehead atoms. The van der Waals surface area contributed by atoms with E-state index in [1.54, 1.807) is 11.3 Å². The molecule has 0 spiro atoms. The van der Waals surface area contributed by atoms with E-state index in [2.05, 4.69) is 35.1 Å². The van der Waals surface area contributed by atoms with Gasteiger partial charge in [0, 0.05) is 16.8 Å². The van der Waals surface area contributed by atoms with Crippen LogP contribution < -0.4 is 5.32 Å². The van der Waals surface area contributed by atoms with Crippen molar-refractivity contribution in [3.8, 4) is 0 Å². The average molecular weight is 318 g/mol. The van der Waals surface area contributed by atoms with Gasteiger partial charge in [0.25, 0.3) is 0 Å². The van der Waals surface area contributed by atoms with Gasteiger partial charge in [-0.1, -0.05) is 35.8 Å². The lowest BCUT2D eigenvalue weighted by molar-refractivity contribution is -0.120. The zero-order chi connectivity index (χ0) is 12.7. The van der Waals surface area contributed by atoms with Crippen molar-refractivity contribution in [2.45, 2.75) is 33.1 Å². The van der Waals surface area contributed by atoms with Crippen LogP contribution in [0.4, 0.5) is 0 Å². The molecule has 1 aromatic heterocycles. The van der Waals surface area contributed by atoms with E-state index in [1.165, 1.54) is 0 Å². The van der Waals surface area contributed by atoms with Gasteiger partial charge < -0.3 is 5.32 Å². The normalized spacial score (nSPS) is 11.5. The molecule has 96 valence electrons. The first-order valence-electron chi connectivity index (χ1n) is 5.88. The molecule has 0 atom stereocenters. The van der Waals surface area contributed by atoms with E-state index >= 15 is 0 Å². The molecule has 0 aliphatic rings. The van der Waals surface area contributed by atoms with Gasteiger partial charge in [-0.25, -0.2) is 0 Å². The number of amides is 1. The second kappa shape index (κ2) is 7.17. The van der Waals surface area contributed by atoms with Crippen LogP contribution in [-0.2, 0) is 11.2 Å². The van der Waals surface area contributed by atoms with E-state index in [0.29, 0.717) is 6.42 Å². The maximum Gasteiger partial charge on any atom is 0.225 e. The van der Waals surface area contributed by atoms with Crippen LogP contribution in [0, 0.1) is 5.41 Å². The smallest absolute Gasteiger partial charge is 0.225 e. The molecule has 0 unspecified atom stereocenters. The van der Waals surface area contributed by atoms with Gasteiger partial charge in [-0.2, -0.15) is 0 Å². The zero-order valence-corrected chi connectivity index (χ0v) is 12.9. The summed E-state index contributed by atoms with van der Waals surface area (Å²) in [6.07, 6.45) is 2.78. The number of rotatable bonds is 7. The first-order chi connectivity index (χ1) is 8.03. The molecule has 0 aliphatic heterocycles. The predicted molar refractivity (Wildman–Crippen MR) is 77.8 cm³/mol. The molecule has 0 radical (unpaired) electrons. The fraction of sp³-hybridized carbons (Fsp3) is 0.615. The van der Waals surface area contributed by atoms with Gasteiger partial charge in [-0.3, -0.25) is 4.79 Å². The van der Waals surface area contributed by atoms with Crippen LogP contribution >= 0.6 is 27.3 Å². The van der Waals surface area contributed by atoms with Crippen LogP contribution in [0.2, 0.25) is 0 Å². The second-order valence-corrected chi connectivity index (χ2v) is 6.81. The summed E-state index contributed by atoms with van der Waals surface area (Å²) in [6, 6.07) is 3.98. The summed E-state index contributed by atoms with van der Waals surface area (Å²) >= 11 is 5.07. The summed E-state index contributed by atoms with van der Waals surface area (Å²) in [4.78, 5) is 12.8. The minimum absolute atomic E-state index is 0.124. The minimum Gasteiger partial charge on any atom is -0.355 e. The monoisotopic (exact) mass is 317 g/mol. The van der Waals surface area contributed by atoms with E-state index < -0.39 is 0 Å². The van der Waals surface area contributed by atoms with Crippen LogP contribution in [0.25, 0.3) is 0 Å². The summed E-state index contributed by atoms with van der Waals surface area (Å²) in [5.74, 6) is 0.124. The molecule has 0 saturated carbocycles. The molecule has 1 rings (SSSR count). The third-order valence-electron chi connectivity index (χ3n) is 2.67. The lowest BCUT2D eigenvalue weighted by Gasteiger charge is -2.24. The molecular formula is C13H20BrNOS. The number of carbonyl (C=O) groups excluding carboxylic acids is 1. The number of halogens is 1. The van der Waals surface area contributed by atoms with E-state index in [4.69, 9.17) is 0 Å². The first-order valence-corrected chi connectivity index (χ1v) is 7.89. The molecule has 1 heterocycles. The van der Waals surface area contributed by atoms with E-state index in [0.717, 1.165) is 29.6 Å². The number of thiophene rings is 1. The summed E-state index contributed by atoms with van der Waals surface area (Å²) < 4.78 is 0. The number of carbonyl (C=O) groups is 1. The molecule has 2 nitrogen and oxygen atoms in total. The third kappa shape index (κ3) is 6.22. The first kappa shape index (κ1) is 14.7. The Bertz CT molecular complexity index is 335. The van der Waals surface area contributed by atoms with Gasteiger partial charge in [-0.05, 0) is 29.7 Å². The quantitative estimate of drug-likeness (QED) is 0.765. The average Bonchev–Trinajstić information content (AvgIpc) is 2.77. The van der Waals surface area contributed by atoms with Crippen LogP contribution in [-0.4, -0.2) is 17.8 Å². The van der Waals surface area contributed by atoms with Crippen LogP contribution in [0.5, 0.6) is 0 Å². The number of hydrogen-bond donors (Lipinski definition) is 1. The van der Waals surface area contributed by atoms with Gasteiger partial charge in [0.05, 0.1) is 6.42 Å². The maximum absolute atomic E-state index is 11.7. The van der Waals surface area contributed by atoms with E-state index in [-0.39, 0.29) is 11.3 Å². The van der Waals surface area contributed by atoms with Crippen molar-refractivity contribution in [2.75, 3.05) is 11.9 Å². The molecule has 0 fully saturated rings. The minimum atomic E-state index is 0.124. The van der Waals surface area contributed by atoms with Crippen molar-refractivity contribution in [1.82, 2.24) is 5.32 Å². The Morgan fingerprint density at radius 1 is 1.53 bits per heavy atom. The maximum atomic E-state index is 11.7. The topological polar surface area (TPSA) is 29.1 Å². The molecule has 0 aromatic carbocycles. The molecule has 1 amide bonds. The van der Waals surface area contributed by atoms with Crippen molar-refractivity contribution in [1.29, 1.82) is 0 Å². The van der Waals surface area contributed by atoms with Crippen LogP contribution in [0.1, 0.15) is 31.6 Å². The van der Waals surface area contributed by atoms with Crippen molar-refractivity contribution in [2.24, 2.45) is 5.41 Å². The number of hydrogen-bond acceptors (Lipinski definition) is 2. The largest absolute Gasteiger partial charge is 0.355 e. The Balaban J connectivity index is 2.27. The van der Waals surface area contributed by atoms with Crippen molar-refractivity contribution in [3.05, 3.63) is 22.4 Å². The third-order valence-corrected chi connectivity index (χ3v) is 4.10. The van der Waals surface area contributed by atoms with E-state index in [1.807, 2.05) is 17.5 Å². The summed E-state index contributed by atoms with van der Waals surface area (Å²) in [6.45, 7) is 5.15. The number of alkyl halides is 1. The Labute approximate surface area is 116 Å². The summed E-state index contributed by atoms with van der Waals surface area (Å²) in [5.41, 5.74) is 0.179. The summed E-state index contributed by atoms with van der Waals surface area (Å²) in [7, 11) is 0. The van der Waals surface area contributed by atoms with Gasteiger partial charge in [0.15, 0.2) is 0 Å². The molecule has 1 N–H and O–H groups in total. The predicted octanol–water partition coefficient (Wildman–Crippen LogP) is 3.61. The zero-order valence-electron chi connectivity index (χ0n) is 10.5. The SMILES string of the molecule is CC(C)(CCCBr)CNC(=O)Cc1cccs1. The fourth-order valence-electron chi connectivity index (χ4n) is 1.61. The van der Waals surface area contributed by atoms with Crippen molar-refractivity contribution < 1.29 is 4.79 Å². The van der Waals surface area contributed by atoms with Gasteiger partial charge in [0.2, 0.25) is 5.91 Å². The summed E-state index contributed by atoms with van der Waals surface area (Å²) in [5, 5.41) is 6.05.